The van der Waals surface area contributed by atoms with E-state index in [1.165, 1.54) is 0 Å². The van der Waals surface area contributed by atoms with Crippen LogP contribution in [0.1, 0.15) is 32.6 Å². The standard InChI is InChI=1S/C10H15NO2/c1-2-13-10(12)9-6-4-3-5-8(9)7-11/h8-9H,2-6H2,1H3/t8-,9-/m1/s1. The van der Waals surface area contributed by atoms with Crippen LogP contribution in [-0.4, -0.2) is 12.6 Å². The first kappa shape index (κ1) is 10.0. The number of esters is 1. The number of nitrogens with zero attached hydrogens (tertiary/aromatic N) is 1. The van der Waals surface area contributed by atoms with Gasteiger partial charge in [0.25, 0.3) is 0 Å². The largest absolute Gasteiger partial charge is 0.466 e. The summed E-state index contributed by atoms with van der Waals surface area (Å²) in [4.78, 5) is 11.4. The number of carbonyl (C=O) groups excluding carboxylic acids is 1. The lowest BCUT2D eigenvalue weighted by Gasteiger charge is -2.24. The smallest absolute Gasteiger partial charge is 0.310 e. The van der Waals surface area contributed by atoms with E-state index in [1.807, 2.05) is 0 Å². The molecule has 3 nitrogen and oxygen atoms in total. The van der Waals surface area contributed by atoms with E-state index in [-0.39, 0.29) is 17.8 Å². The number of hydrogen-bond donors (Lipinski definition) is 0. The topological polar surface area (TPSA) is 50.1 Å². The molecule has 2 atom stereocenters. The zero-order valence-corrected chi connectivity index (χ0v) is 7.95. The van der Waals surface area contributed by atoms with Crippen LogP contribution in [0.5, 0.6) is 0 Å². The van der Waals surface area contributed by atoms with Crippen LogP contribution in [-0.2, 0) is 9.53 Å². The molecule has 1 aliphatic rings. The van der Waals surface area contributed by atoms with Gasteiger partial charge in [-0.25, -0.2) is 0 Å². The molecule has 0 heterocycles. The van der Waals surface area contributed by atoms with Gasteiger partial charge >= 0.3 is 5.97 Å². The predicted octanol–water partition coefficient (Wildman–Crippen LogP) is 1.88. The van der Waals surface area contributed by atoms with Crippen LogP contribution in [0.4, 0.5) is 0 Å². The van der Waals surface area contributed by atoms with E-state index in [0.717, 1.165) is 25.7 Å². The zero-order chi connectivity index (χ0) is 9.68. The van der Waals surface area contributed by atoms with E-state index in [2.05, 4.69) is 6.07 Å². The predicted molar refractivity (Wildman–Crippen MR) is 47.7 cm³/mol. The molecule has 0 aromatic heterocycles. The average Bonchev–Trinajstić information content (AvgIpc) is 2.18. The molecule has 1 fully saturated rings. The van der Waals surface area contributed by atoms with Gasteiger partial charge in [-0.15, -0.1) is 0 Å². The van der Waals surface area contributed by atoms with Crippen LogP contribution in [0.15, 0.2) is 0 Å². The Hall–Kier alpha value is -1.04. The highest BCUT2D eigenvalue weighted by Gasteiger charge is 2.31. The van der Waals surface area contributed by atoms with Crippen molar-refractivity contribution in [3.8, 4) is 6.07 Å². The van der Waals surface area contributed by atoms with Crippen molar-refractivity contribution in [3.05, 3.63) is 0 Å². The van der Waals surface area contributed by atoms with E-state index in [0.29, 0.717) is 6.61 Å². The van der Waals surface area contributed by atoms with Crippen LogP contribution >= 0.6 is 0 Å². The molecular weight excluding hydrogens is 166 g/mol. The minimum Gasteiger partial charge on any atom is -0.466 e. The third-order valence-electron chi connectivity index (χ3n) is 2.52. The first-order valence-corrected chi connectivity index (χ1v) is 4.85. The lowest BCUT2D eigenvalue weighted by atomic mass is 9.80. The Kier molecular flexibility index (Phi) is 3.75. The zero-order valence-electron chi connectivity index (χ0n) is 7.95. The van der Waals surface area contributed by atoms with Crippen LogP contribution < -0.4 is 0 Å². The van der Waals surface area contributed by atoms with Gasteiger partial charge in [0.2, 0.25) is 0 Å². The number of ether oxygens (including phenoxy) is 1. The summed E-state index contributed by atoms with van der Waals surface area (Å²) in [5.74, 6) is -0.472. The summed E-state index contributed by atoms with van der Waals surface area (Å²) in [5.41, 5.74) is 0. The second kappa shape index (κ2) is 4.86. The third-order valence-corrected chi connectivity index (χ3v) is 2.52. The molecule has 13 heavy (non-hydrogen) atoms. The highest BCUT2D eigenvalue weighted by molar-refractivity contribution is 5.73. The Labute approximate surface area is 78.7 Å². The SMILES string of the molecule is CCOC(=O)[C@@H]1CCCC[C@@H]1C#N. The first-order chi connectivity index (χ1) is 6.29. The molecule has 0 radical (unpaired) electrons. The van der Waals surface area contributed by atoms with Crippen molar-refractivity contribution in [2.45, 2.75) is 32.6 Å². The molecule has 0 unspecified atom stereocenters. The molecular formula is C10H15NO2. The number of carbonyl (C=O) groups is 1. The Morgan fingerprint density at radius 2 is 2.23 bits per heavy atom. The van der Waals surface area contributed by atoms with Crippen LogP contribution in [0.3, 0.4) is 0 Å². The van der Waals surface area contributed by atoms with Crippen molar-refractivity contribution >= 4 is 5.97 Å². The van der Waals surface area contributed by atoms with E-state index >= 15 is 0 Å². The maximum Gasteiger partial charge on any atom is 0.310 e. The Morgan fingerprint density at radius 1 is 1.54 bits per heavy atom. The molecule has 1 aliphatic carbocycles. The maximum atomic E-state index is 11.4. The van der Waals surface area contributed by atoms with E-state index in [9.17, 15) is 4.79 Å². The van der Waals surface area contributed by atoms with Crippen LogP contribution in [0.2, 0.25) is 0 Å². The molecule has 0 N–H and O–H groups in total. The molecule has 0 saturated heterocycles. The normalized spacial score (nSPS) is 27.7. The Bertz CT molecular complexity index is 219. The van der Waals surface area contributed by atoms with Crippen molar-refractivity contribution in [1.82, 2.24) is 0 Å². The fraction of sp³-hybridized carbons (Fsp3) is 0.800. The molecule has 72 valence electrons. The van der Waals surface area contributed by atoms with Crippen LogP contribution in [0, 0.1) is 23.2 Å². The molecule has 1 saturated carbocycles. The molecule has 0 spiro atoms. The monoisotopic (exact) mass is 181 g/mol. The summed E-state index contributed by atoms with van der Waals surface area (Å²) < 4.78 is 4.92. The van der Waals surface area contributed by atoms with Crippen molar-refractivity contribution in [2.24, 2.45) is 11.8 Å². The molecule has 0 amide bonds. The first-order valence-electron chi connectivity index (χ1n) is 4.85. The second-order valence-electron chi connectivity index (χ2n) is 3.38. The van der Waals surface area contributed by atoms with Gasteiger partial charge in [-0.05, 0) is 19.8 Å². The summed E-state index contributed by atoms with van der Waals surface area (Å²) in [6.07, 6.45) is 3.77. The van der Waals surface area contributed by atoms with Crippen molar-refractivity contribution in [3.63, 3.8) is 0 Å². The van der Waals surface area contributed by atoms with E-state index < -0.39 is 0 Å². The van der Waals surface area contributed by atoms with Gasteiger partial charge in [0.15, 0.2) is 0 Å². The van der Waals surface area contributed by atoms with Gasteiger partial charge in [-0.2, -0.15) is 5.26 Å². The molecule has 3 heteroatoms. The molecule has 0 aromatic carbocycles. The summed E-state index contributed by atoms with van der Waals surface area (Å²) in [6, 6.07) is 2.19. The number of hydrogen-bond acceptors (Lipinski definition) is 3. The van der Waals surface area contributed by atoms with Gasteiger partial charge in [-0.3, -0.25) is 4.79 Å². The summed E-state index contributed by atoms with van der Waals surface area (Å²) >= 11 is 0. The highest BCUT2D eigenvalue weighted by atomic mass is 16.5. The van der Waals surface area contributed by atoms with Gasteiger partial charge in [-0.1, -0.05) is 12.8 Å². The summed E-state index contributed by atoms with van der Waals surface area (Å²) in [5, 5.41) is 8.82. The Balaban J connectivity index is 2.54. The minimum atomic E-state index is -0.186. The van der Waals surface area contributed by atoms with Gasteiger partial charge in [0.05, 0.1) is 24.5 Å². The molecule has 0 aliphatic heterocycles. The average molecular weight is 181 g/mol. The van der Waals surface area contributed by atoms with Gasteiger partial charge in [0.1, 0.15) is 0 Å². The minimum absolute atomic E-state index is 0.118. The fourth-order valence-corrected chi connectivity index (χ4v) is 1.82. The van der Waals surface area contributed by atoms with Gasteiger partial charge < -0.3 is 4.74 Å². The van der Waals surface area contributed by atoms with E-state index in [1.54, 1.807) is 6.92 Å². The highest BCUT2D eigenvalue weighted by Crippen LogP contribution is 2.30. The molecule has 1 rings (SSSR count). The number of nitriles is 1. The third kappa shape index (κ3) is 2.45. The lowest BCUT2D eigenvalue weighted by molar-refractivity contribution is -0.150. The van der Waals surface area contributed by atoms with Crippen molar-refractivity contribution in [1.29, 1.82) is 5.26 Å². The lowest BCUT2D eigenvalue weighted by Crippen LogP contribution is -2.27. The maximum absolute atomic E-state index is 11.4. The van der Waals surface area contributed by atoms with Crippen molar-refractivity contribution in [2.75, 3.05) is 6.61 Å². The Morgan fingerprint density at radius 3 is 2.85 bits per heavy atom. The quantitative estimate of drug-likeness (QED) is 0.611. The van der Waals surface area contributed by atoms with Gasteiger partial charge in [0, 0.05) is 0 Å². The van der Waals surface area contributed by atoms with Crippen molar-refractivity contribution < 1.29 is 9.53 Å². The number of rotatable bonds is 2. The molecule has 0 bridgehead atoms. The summed E-state index contributed by atoms with van der Waals surface area (Å²) in [6.45, 7) is 2.20. The summed E-state index contributed by atoms with van der Waals surface area (Å²) in [7, 11) is 0. The van der Waals surface area contributed by atoms with E-state index in [4.69, 9.17) is 10.00 Å². The second-order valence-corrected chi connectivity index (χ2v) is 3.38. The molecule has 0 aromatic rings. The fourth-order valence-electron chi connectivity index (χ4n) is 1.82. The van der Waals surface area contributed by atoms with Crippen LogP contribution in [0.25, 0.3) is 0 Å².